The van der Waals surface area contributed by atoms with Gasteiger partial charge in [0.1, 0.15) is 6.04 Å². The van der Waals surface area contributed by atoms with Crippen LogP contribution in [0.5, 0.6) is 0 Å². The average molecular weight is 473 g/mol. The molecule has 4 N–H and O–H groups in total. The monoisotopic (exact) mass is 472 g/mol. The summed E-state index contributed by atoms with van der Waals surface area (Å²) < 4.78 is 0. The molecule has 0 bridgehead atoms. The number of amides is 3. The number of nitrogens with one attached hydrogen (secondary N) is 2. The third-order valence-electron chi connectivity index (χ3n) is 6.28. The molecule has 0 saturated heterocycles. The molecule has 1 aromatic rings. The molecule has 0 spiro atoms. The predicted molar refractivity (Wildman–Crippen MR) is 138 cm³/mol. The summed E-state index contributed by atoms with van der Waals surface area (Å²) in [6.45, 7) is 15.7. The minimum atomic E-state index is -0.778. The second-order valence-electron chi connectivity index (χ2n) is 11.6. The maximum Gasteiger partial charge on any atom is 0.245 e. The number of likely N-dealkylation sites (N-methyl/N-ethyl adjacent to an activating group) is 2. The van der Waals surface area contributed by atoms with Crippen molar-refractivity contribution in [3.05, 3.63) is 48.0 Å². The predicted octanol–water partition coefficient (Wildman–Crippen LogP) is 3.00. The van der Waals surface area contributed by atoms with Crippen LogP contribution in [-0.2, 0) is 19.8 Å². The second kappa shape index (κ2) is 11.2. The van der Waals surface area contributed by atoms with E-state index >= 15 is 0 Å². The number of nitrogens with zero attached hydrogens (tertiary/aromatic N) is 1. The fourth-order valence-electron chi connectivity index (χ4n) is 4.25. The van der Waals surface area contributed by atoms with Crippen LogP contribution in [0.4, 0.5) is 0 Å². The molecule has 3 atom stereocenters. The fourth-order valence-corrected chi connectivity index (χ4v) is 4.25. The molecule has 7 nitrogen and oxygen atoms in total. The van der Waals surface area contributed by atoms with Crippen LogP contribution in [0.3, 0.4) is 0 Å². The molecule has 1 aromatic carbocycles. The molecular formula is C27H44N4O3. The van der Waals surface area contributed by atoms with E-state index in [1.807, 2.05) is 85.7 Å². The SMILES string of the molecule is CN[C@H](C(=O)N[C@H](C(=O)N(C)C(C=CC(N)=O)C(C)(C)C)C(C)(C)C)C(C)(C)c1ccccc1. The molecule has 7 heteroatoms. The Morgan fingerprint density at radius 2 is 1.44 bits per heavy atom. The Kier molecular flexibility index (Phi) is 9.65. The molecule has 190 valence electrons. The lowest BCUT2D eigenvalue weighted by molar-refractivity contribution is -0.141. The van der Waals surface area contributed by atoms with Crippen LogP contribution in [0, 0.1) is 10.8 Å². The summed E-state index contributed by atoms with van der Waals surface area (Å²) >= 11 is 0. The van der Waals surface area contributed by atoms with Crippen LogP contribution in [0.25, 0.3) is 0 Å². The fraction of sp³-hybridized carbons (Fsp3) is 0.593. The summed E-state index contributed by atoms with van der Waals surface area (Å²) in [5.74, 6) is -1.06. The van der Waals surface area contributed by atoms with Gasteiger partial charge in [0.2, 0.25) is 17.7 Å². The quantitative estimate of drug-likeness (QED) is 0.481. The van der Waals surface area contributed by atoms with Crippen molar-refractivity contribution in [1.29, 1.82) is 0 Å². The summed E-state index contributed by atoms with van der Waals surface area (Å²) in [4.78, 5) is 40.2. The van der Waals surface area contributed by atoms with Crippen LogP contribution < -0.4 is 16.4 Å². The minimum absolute atomic E-state index is 0.234. The minimum Gasteiger partial charge on any atom is -0.366 e. The van der Waals surface area contributed by atoms with E-state index in [1.165, 1.54) is 6.08 Å². The van der Waals surface area contributed by atoms with Crippen LogP contribution in [-0.4, -0.2) is 54.8 Å². The highest BCUT2D eigenvalue weighted by atomic mass is 16.2. The smallest absolute Gasteiger partial charge is 0.245 e. The number of nitrogens with two attached hydrogens (primary N) is 1. The van der Waals surface area contributed by atoms with Gasteiger partial charge in [-0.15, -0.1) is 0 Å². The number of carbonyl (C=O) groups excluding carboxylic acids is 3. The van der Waals surface area contributed by atoms with Crippen molar-refractivity contribution in [2.24, 2.45) is 16.6 Å². The van der Waals surface area contributed by atoms with E-state index in [2.05, 4.69) is 10.6 Å². The maximum atomic E-state index is 13.7. The van der Waals surface area contributed by atoms with Crippen molar-refractivity contribution < 1.29 is 14.4 Å². The van der Waals surface area contributed by atoms with Gasteiger partial charge in [-0.1, -0.05) is 91.8 Å². The Morgan fingerprint density at radius 3 is 1.85 bits per heavy atom. The Bertz CT molecular complexity index is 879. The van der Waals surface area contributed by atoms with E-state index in [4.69, 9.17) is 5.73 Å². The first-order chi connectivity index (χ1) is 15.4. The Morgan fingerprint density at radius 1 is 0.912 bits per heavy atom. The van der Waals surface area contributed by atoms with E-state index in [-0.39, 0.29) is 17.2 Å². The summed E-state index contributed by atoms with van der Waals surface area (Å²) in [6.07, 6.45) is 2.93. The number of hydrogen-bond donors (Lipinski definition) is 3. The zero-order chi connectivity index (χ0) is 26.5. The third-order valence-corrected chi connectivity index (χ3v) is 6.28. The molecule has 3 amide bonds. The summed E-state index contributed by atoms with van der Waals surface area (Å²) in [7, 11) is 3.44. The van der Waals surface area contributed by atoms with Gasteiger partial charge < -0.3 is 21.3 Å². The Balaban J connectivity index is 3.30. The highest BCUT2D eigenvalue weighted by Crippen LogP contribution is 2.30. The van der Waals surface area contributed by atoms with Crippen LogP contribution >= 0.6 is 0 Å². The van der Waals surface area contributed by atoms with E-state index in [0.29, 0.717) is 0 Å². The topological polar surface area (TPSA) is 105 Å². The molecule has 1 unspecified atom stereocenters. The largest absolute Gasteiger partial charge is 0.366 e. The molecule has 0 radical (unpaired) electrons. The first-order valence-corrected chi connectivity index (χ1v) is 11.7. The number of primary amides is 1. The Hall–Kier alpha value is -2.67. The maximum absolute atomic E-state index is 13.7. The Labute approximate surface area is 205 Å². The van der Waals surface area contributed by atoms with Gasteiger partial charge in [0.15, 0.2) is 0 Å². The van der Waals surface area contributed by atoms with Gasteiger partial charge in [-0.2, -0.15) is 0 Å². The lowest BCUT2D eigenvalue weighted by atomic mass is 9.76. The average Bonchev–Trinajstić information content (AvgIpc) is 2.70. The molecule has 0 saturated carbocycles. The lowest BCUT2D eigenvalue weighted by Gasteiger charge is -2.41. The molecule has 34 heavy (non-hydrogen) atoms. The van der Waals surface area contributed by atoms with Gasteiger partial charge >= 0.3 is 0 Å². The third kappa shape index (κ3) is 7.42. The normalized spacial score (nSPS) is 15.5. The van der Waals surface area contributed by atoms with Gasteiger partial charge in [0.05, 0.1) is 12.1 Å². The molecule has 0 heterocycles. The number of benzene rings is 1. The van der Waals surface area contributed by atoms with Gasteiger partial charge in [0.25, 0.3) is 0 Å². The second-order valence-corrected chi connectivity index (χ2v) is 11.6. The number of rotatable bonds is 9. The van der Waals surface area contributed by atoms with Crippen molar-refractivity contribution in [3.63, 3.8) is 0 Å². The van der Waals surface area contributed by atoms with Gasteiger partial charge in [-0.05, 0) is 23.4 Å². The van der Waals surface area contributed by atoms with E-state index in [1.54, 1.807) is 25.1 Å². The first kappa shape index (κ1) is 29.4. The van der Waals surface area contributed by atoms with E-state index < -0.39 is 34.9 Å². The van der Waals surface area contributed by atoms with Crippen LogP contribution in [0.15, 0.2) is 42.5 Å². The van der Waals surface area contributed by atoms with Gasteiger partial charge in [-0.25, -0.2) is 0 Å². The molecule has 0 aliphatic rings. The van der Waals surface area contributed by atoms with Crippen molar-refractivity contribution >= 4 is 17.7 Å². The highest BCUT2D eigenvalue weighted by Gasteiger charge is 2.42. The van der Waals surface area contributed by atoms with E-state index in [9.17, 15) is 14.4 Å². The summed E-state index contributed by atoms with van der Waals surface area (Å²) in [6, 6.07) is 8.10. The highest BCUT2D eigenvalue weighted by molar-refractivity contribution is 5.91. The number of hydrogen-bond acceptors (Lipinski definition) is 4. The molecule has 1 rings (SSSR count). The van der Waals surface area contributed by atoms with Crippen LogP contribution in [0.1, 0.15) is 61.0 Å². The lowest BCUT2D eigenvalue weighted by Crippen LogP contribution is -2.62. The van der Waals surface area contributed by atoms with Crippen molar-refractivity contribution in [1.82, 2.24) is 15.5 Å². The van der Waals surface area contributed by atoms with Crippen molar-refractivity contribution in [2.75, 3.05) is 14.1 Å². The molecule has 0 fully saturated rings. The first-order valence-electron chi connectivity index (χ1n) is 11.7. The zero-order valence-electron chi connectivity index (χ0n) is 22.5. The molecule has 0 aliphatic carbocycles. The summed E-state index contributed by atoms with van der Waals surface area (Å²) in [5, 5.41) is 6.17. The van der Waals surface area contributed by atoms with E-state index in [0.717, 1.165) is 5.56 Å². The molecular weight excluding hydrogens is 428 g/mol. The zero-order valence-corrected chi connectivity index (χ0v) is 22.5. The van der Waals surface area contributed by atoms with Crippen LogP contribution in [0.2, 0.25) is 0 Å². The molecule has 0 aromatic heterocycles. The number of carbonyl (C=O) groups is 3. The van der Waals surface area contributed by atoms with Crippen molar-refractivity contribution in [2.45, 2.75) is 78.9 Å². The van der Waals surface area contributed by atoms with Gasteiger partial charge in [-0.3, -0.25) is 14.4 Å². The van der Waals surface area contributed by atoms with Gasteiger partial charge in [0, 0.05) is 18.5 Å². The molecule has 0 aliphatic heterocycles. The van der Waals surface area contributed by atoms with Crippen molar-refractivity contribution in [3.8, 4) is 0 Å². The standard InChI is InChI=1S/C27H44N4O3/c1-25(2,3)19(16-17-20(28)32)31(10)24(34)22(26(4,5)6)30-23(33)21(29-9)27(7,8)18-14-12-11-13-15-18/h11-17,19,21-22,29H,1-10H3,(H2,28,32)(H,30,33)/t19?,21-,22-/m1/s1. The summed E-state index contributed by atoms with van der Waals surface area (Å²) in [5.41, 5.74) is 4.89.